The average Bonchev–Trinajstić information content (AvgIpc) is 3.74. The first-order chi connectivity index (χ1) is 18.7. The first kappa shape index (κ1) is 26.1. The summed E-state index contributed by atoms with van der Waals surface area (Å²) in [6, 6.07) is 0.887. The van der Waals surface area contributed by atoms with E-state index in [1.165, 1.54) is 110 Å². The van der Waals surface area contributed by atoms with Crippen LogP contribution in [0.3, 0.4) is 0 Å². The van der Waals surface area contributed by atoms with Crippen molar-refractivity contribution in [1.82, 2.24) is 34.6 Å². The Hall–Kier alpha value is -2.19. The first-order valence-electron chi connectivity index (χ1n) is 15.4. The van der Waals surface area contributed by atoms with Crippen molar-refractivity contribution in [1.29, 1.82) is 0 Å². The topological polar surface area (TPSA) is 84.1 Å². The molecule has 1 amide bonds. The van der Waals surface area contributed by atoms with Crippen LogP contribution in [-0.4, -0.2) is 85.9 Å². The van der Waals surface area contributed by atoms with Gasteiger partial charge in [-0.15, -0.1) is 0 Å². The molecule has 4 aliphatic rings. The lowest BCUT2D eigenvalue weighted by atomic mass is 9.77. The highest BCUT2D eigenvalue weighted by Gasteiger charge is 2.42. The zero-order valence-corrected chi connectivity index (χ0v) is 23.1. The molecule has 2 aliphatic heterocycles. The van der Waals surface area contributed by atoms with Crippen LogP contribution in [0.2, 0.25) is 0 Å². The molecule has 1 spiro atoms. The number of amides is 1. The number of hydrogen-bond acceptors (Lipinski definition) is 5. The molecule has 2 N–H and O–H groups in total. The molecule has 0 atom stereocenters. The number of carbonyl (C=O) groups excluding carboxylic acids is 1. The Morgan fingerprint density at radius 3 is 2.32 bits per heavy atom. The van der Waals surface area contributed by atoms with Gasteiger partial charge in [-0.25, -0.2) is 9.97 Å². The van der Waals surface area contributed by atoms with Crippen LogP contribution >= 0.6 is 0 Å². The quantitative estimate of drug-likeness (QED) is 0.526. The number of aromatic nitrogens is 4. The van der Waals surface area contributed by atoms with Crippen molar-refractivity contribution in [3.63, 3.8) is 0 Å². The first-order valence-corrected chi connectivity index (χ1v) is 15.4. The van der Waals surface area contributed by atoms with Gasteiger partial charge < -0.3 is 24.7 Å². The van der Waals surface area contributed by atoms with E-state index in [2.05, 4.69) is 29.7 Å². The maximum absolute atomic E-state index is 13.1. The molecule has 0 unspecified atom stereocenters. The third kappa shape index (κ3) is 6.17. The minimum Gasteiger partial charge on any atom is -0.347 e. The predicted octanol–water partition coefficient (Wildman–Crippen LogP) is 4.70. The van der Waals surface area contributed by atoms with E-state index in [0.29, 0.717) is 23.7 Å². The Morgan fingerprint density at radius 2 is 1.61 bits per heavy atom. The summed E-state index contributed by atoms with van der Waals surface area (Å²) < 4.78 is 0. The number of imidazole rings is 2. The van der Waals surface area contributed by atoms with Crippen LogP contribution in [0.4, 0.5) is 0 Å². The van der Waals surface area contributed by atoms with Gasteiger partial charge in [0.25, 0.3) is 5.91 Å². The minimum atomic E-state index is -0.0366. The average molecular weight is 522 g/mol. The monoisotopic (exact) mass is 521 g/mol. The molecule has 8 nitrogen and oxygen atoms in total. The number of nitrogens with one attached hydrogen (secondary N) is 2. The van der Waals surface area contributed by atoms with Gasteiger partial charge in [-0.05, 0) is 94.7 Å². The summed E-state index contributed by atoms with van der Waals surface area (Å²) in [6.07, 6.45) is 23.4. The lowest BCUT2D eigenvalue weighted by Crippen LogP contribution is -2.47. The Kier molecular flexibility index (Phi) is 8.16. The number of carbonyl (C=O) groups is 1. The molecule has 4 heterocycles. The standard InChI is InChI=1S/C30H47N7O/c38-29(28-33-15-16-34-28)37(22-27-31-13-14-32-27)21-25-8-6-24(7-9-25)20-35-17-10-30(23-35)11-18-36(19-12-30)26-4-2-1-3-5-26/h13-16,24-26H,1-12,17-23H2,(H,31,32)(H,33,34)/t24-,25-. The lowest BCUT2D eigenvalue weighted by Gasteiger charge is -2.44. The molecule has 2 saturated heterocycles. The van der Waals surface area contributed by atoms with Gasteiger partial charge in [0.15, 0.2) is 5.82 Å². The molecule has 0 bridgehead atoms. The molecule has 0 radical (unpaired) electrons. The molecule has 2 aromatic heterocycles. The molecule has 4 fully saturated rings. The zero-order chi connectivity index (χ0) is 25.8. The maximum atomic E-state index is 13.1. The third-order valence-corrected chi connectivity index (χ3v) is 10.3. The number of H-pyrrole nitrogens is 2. The SMILES string of the molecule is O=C(c1ncc[nH]1)N(Cc1ncc[nH]1)C[C@H]1CC[C@H](CN2CCC3(CCN(C4CCCCC4)CC3)C2)CC1. The third-order valence-electron chi connectivity index (χ3n) is 10.3. The number of hydrogen-bond donors (Lipinski definition) is 2. The highest BCUT2D eigenvalue weighted by atomic mass is 16.2. The zero-order valence-electron chi connectivity index (χ0n) is 23.1. The van der Waals surface area contributed by atoms with Crippen LogP contribution in [0.1, 0.15) is 93.5 Å². The van der Waals surface area contributed by atoms with E-state index in [1.54, 1.807) is 18.6 Å². The molecule has 8 heteroatoms. The van der Waals surface area contributed by atoms with Crippen molar-refractivity contribution in [3.05, 3.63) is 36.4 Å². The molecule has 6 rings (SSSR count). The van der Waals surface area contributed by atoms with E-state index in [4.69, 9.17) is 0 Å². The van der Waals surface area contributed by atoms with Crippen LogP contribution < -0.4 is 0 Å². The number of piperidine rings is 1. The fourth-order valence-electron chi connectivity index (χ4n) is 7.99. The van der Waals surface area contributed by atoms with Crippen LogP contribution in [0.25, 0.3) is 0 Å². The van der Waals surface area contributed by atoms with E-state index in [0.717, 1.165) is 24.3 Å². The fourth-order valence-corrected chi connectivity index (χ4v) is 7.99. The van der Waals surface area contributed by atoms with Crippen LogP contribution in [0.5, 0.6) is 0 Å². The number of nitrogens with zero attached hydrogens (tertiary/aromatic N) is 5. The van der Waals surface area contributed by atoms with Crippen molar-refractivity contribution in [2.45, 2.75) is 89.6 Å². The Labute approximate surface area is 228 Å². The van der Waals surface area contributed by atoms with Crippen LogP contribution in [-0.2, 0) is 6.54 Å². The van der Waals surface area contributed by atoms with Gasteiger partial charge in [-0.2, -0.15) is 0 Å². The summed E-state index contributed by atoms with van der Waals surface area (Å²) in [4.78, 5) is 35.4. The van der Waals surface area contributed by atoms with E-state index >= 15 is 0 Å². The molecule has 0 aromatic carbocycles. The van der Waals surface area contributed by atoms with Crippen LogP contribution in [0.15, 0.2) is 24.8 Å². The van der Waals surface area contributed by atoms with E-state index in [-0.39, 0.29) is 5.91 Å². The Bertz CT molecular complexity index is 984. The summed E-state index contributed by atoms with van der Waals surface area (Å²) in [6.45, 7) is 7.88. The molecule has 2 saturated carbocycles. The van der Waals surface area contributed by atoms with E-state index < -0.39 is 0 Å². The second-order valence-corrected chi connectivity index (χ2v) is 12.9. The molecule has 38 heavy (non-hydrogen) atoms. The fraction of sp³-hybridized carbons (Fsp3) is 0.767. The van der Waals surface area contributed by atoms with Gasteiger partial charge in [0.05, 0.1) is 6.54 Å². The van der Waals surface area contributed by atoms with Gasteiger partial charge in [-0.3, -0.25) is 4.79 Å². The highest BCUT2D eigenvalue weighted by Crippen LogP contribution is 2.42. The molecule has 208 valence electrons. The van der Waals surface area contributed by atoms with Crippen molar-refractivity contribution >= 4 is 5.91 Å². The number of aromatic amines is 2. The summed E-state index contributed by atoms with van der Waals surface area (Å²) in [5.41, 5.74) is 0.598. The lowest BCUT2D eigenvalue weighted by molar-refractivity contribution is 0.0592. The van der Waals surface area contributed by atoms with Gasteiger partial charge >= 0.3 is 0 Å². The highest BCUT2D eigenvalue weighted by molar-refractivity contribution is 5.90. The van der Waals surface area contributed by atoms with Gasteiger partial charge in [-0.1, -0.05) is 19.3 Å². The molecule has 2 aromatic rings. The second-order valence-electron chi connectivity index (χ2n) is 12.9. The Morgan fingerprint density at radius 1 is 0.895 bits per heavy atom. The Balaban J connectivity index is 0.956. The van der Waals surface area contributed by atoms with Gasteiger partial charge in [0.2, 0.25) is 0 Å². The molecular formula is C30H47N7O. The number of likely N-dealkylation sites (tertiary alicyclic amines) is 2. The van der Waals surface area contributed by atoms with Crippen LogP contribution in [0, 0.1) is 17.3 Å². The summed E-state index contributed by atoms with van der Waals surface area (Å²) in [5.74, 6) is 2.56. The predicted molar refractivity (Wildman–Crippen MR) is 149 cm³/mol. The van der Waals surface area contributed by atoms with Gasteiger partial charge in [0.1, 0.15) is 5.82 Å². The van der Waals surface area contributed by atoms with Crippen molar-refractivity contribution < 1.29 is 4.79 Å². The summed E-state index contributed by atoms with van der Waals surface area (Å²) in [5, 5.41) is 0. The van der Waals surface area contributed by atoms with Crippen molar-refractivity contribution in [2.24, 2.45) is 17.3 Å². The van der Waals surface area contributed by atoms with E-state index in [1.807, 2.05) is 11.1 Å². The largest absolute Gasteiger partial charge is 0.347 e. The second kappa shape index (κ2) is 11.9. The normalized spacial score (nSPS) is 27.2. The van der Waals surface area contributed by atoms with Crippen molar-refractivity contribution in [2.75, 3.05) is 39.3 Å². The van der Waals surface area contributed by atoms with Crippen molar-refractivity contribution in [3.8, 4) is 0 Å². The van der Waals surface area contributed by atoms with E-state index in [9.17, 15) is 4.79 Å². The molecule has 2 aliphatic carbocycles. The summed E-state index contributed by atoms with van der Waals surface area (Å²) >= 11 is 0. The minimum absolute atomic E-state index is 0.0366. The van der Waals surface area contributed by atoms with Gasteiger partial charge in [0, 0.05) is 50.5 Å². The summed E-state index contributed by atoms with van der Waals surface area (Å²) in [7, 11) is 0. The molecular weight excluding hydrogens is 474 g/mol. The maximum Gasteiger partial charge on any atom is 0.290 e. The smallest absolute Gasteiger partial charge is 0.290 e. The number of rotatable bonds is 8.